The number of hydrogen-bond donors (Lipinski definition) is 16. The average molecular weight is 1290 g/mol. The van der Waals surface area contributed by atoms with Gasteiger partial charge in [-0.25, -0.2) is 4.79 Å². The number of carboxylic acid groups (broad SMARTS) is 1. The Labute approximate surface area is 532 Å². The van der Waals surface area contributed by atoms with E-state index in [2.05, 4.69) is 52.8 Å². The first-order chi connectivity index (χ1) is 43.5. The smallest absolute Gasteiger partial charge is 0.327 e. The van der Waals surface area contributed by atoms with Crippen LogP contribution in [0.5, 0.6) is 0 Å². The second kappa shape index (κ2) is 35.5. The number of aliphatic hydroxyl groups excluding tert-OH is 2. The van der Waals surface area contributed by atoms with Crippen molar-refractivity contribution >= 4 is 97.5 Å². The van der Waals surface area contributed by atoms with E-state index in [1.807, 2.05) is 0 Å². The molecule has 0 bridgehead atoms. The molecule has 0 unspecified atom stereocenters. The molecule has 29 heteroatoms. The Kier molecular flexibility index (Phi) is 27.8. The second-order valence-electron chi connectivity index (χ2n) is 22.0. The van der Waals surface area contributed by atoms with Gasteiger partial charge in [-0.1, -0.05) is 131 Å². The molecule has 10 amide bonds. The molecule has 27 nitrogen and oxygen atoms in total. The van der Waals surface area contributed by atoms with Gasteiger partial charge >= 0.3 is 5.97 Å². The molecule has 1 aliphatic rings. The standard InChI is InChI=1S/C62H79N13O14S2/c1-34(76)51-60(86)72-46(28-38-20-10-5-11-21-38)59(85)75-52(35(2)77)61(87)73-49(62(88)89)33-91-90-32-41(64)53(79)68-48(30-50(65)78)58(84)70-44(26-36-16-6-3-7-17-36)55(81)69-45(27-37-18-8-4-9-19-37)56(82)71-47(29-39-31-66-42-23-13-12-22-40(39)42)57(83)67-43(54(80)74-51)24-14-15-25-63/h3-13,16-23,31,34-35,41,43-49,51-52,66,76-77H,14-15,24-30,32-33,63-64H2,1-2H3,(H2,65,78)(H,67,83)(H,68,79)(H,69,81)(H,70,84)(H,71,82)(H,72,86)(H,73,87)(H,74,80)(H,75,85)(H,88,89)/t34-,35-,41+,43+,44+,45+,46+,47-,48+,49+,51+,52+/m1/s1. The third-order valence-corrected chi connectivity index (χ3v) is 17.2. The maximum atomic E-state index is 15.1. The Balaban J connectivity index is 1.42. The van der Waals surface area contributed by atoms with E-state index in [9.17, 15) is 58.5 Å². The zero-order chi connectivity index (χ0) is 66.1. The van der Waals surface area contributed by atoms with Crippen molar-refractivity contribution < 1.29 is 68.1 Å². The molecule has 4 aromatic carbocycles. The first kappa shape index (κ1) is 71.2. The van der Waals surface area contributed by atoms with Gasteiger partial charge in [0.1, 0.15) is 54.4 Å². The number of hydrogen-bond acceptors (Lipinski definition) is 17. The summed E-state index contributed by atoms with van der Waals surface area (Å²) < 4.78 is 0. The molecular formula is C62H79N13O14S2. The zero-order valence-corrected chi connectivity index (χ0v) is 51.8. The van der Waals surface area contributed by atoms with Gasteiger partial charge in [-0.2, -0.15) is 0 Å². The minimum Gasteiger partial charge on any atom is -0.480 e. The van der Waals surface area contributed by atoms with E-state index in [1.54, 1.807) is 121 Å². The number of unbranched alkanes of at least 4 members (excludes halogenated alkanes) is 1. The number of aliphatic hydroxyl groups is 2. The summed E-state index contributed by atoms with van der Waals surface area (Å²) in [6, 6.07) is 16.4. The number of H-pyrrole nitrogens is 1. The fraction of sp³-hybridized carbons (Fsp3) is 0.403. The monoisotopic (exact) mass is 1290 g/mol. The summed E-state index contributed by atoms with van der Waals surface area (Å²) in [5.74, 6) is -12.1. The molecule has 0 radical (unpaired) electrons. The van der Waals surface area contributed by atoms with E-state index in [0.29, 0.717) is 39.6 Å². The van der Waals surface area contributed by atoms with Crippen molar-refractivity contribution in [2.24, 2.45) is 17.2 Å². The van der Waals surface area contributed by atoms with Crippen LogP contribution in [0.15, 0.2) is 121 Å². The topological polar surface area (TPSA) is 451 Å². The van der Waals surface area contributed by atoms with Crippen molar-refractivity contribution in [3.05, 3.63) is 144 Å². The number of amides is 10. The lowest BCUT2D eigenvalue weighted by Crippen LogP contribution is -2.63. The maximum absolute atomic E-state index is 15.1. The molecule has 1 aromatic heterocycles. The predicted octanol–water partition coefficient (Wildman–Crippen LogP) is -1.63. The Morgan fingerprint density at radius 2 is 0.890 bits per heavy atom. The highest BCUT2D eigenvalue weighted by Gasteiger charge is 2.38. The van der Waals surface area contributed by atoms with E-state index in [0.717, 1.165) is 28.5 Å². The third kappa shape index (κ3) is 22.2. The summed E-state index contributed by atoms with van der Waals surface area (Å²) >= 11 is 0. The Bertz CT molecular complexity index is 3310. The highest BCUT2D eigenvalue weighted by molar-refractivity contribution is 8.76. The van der Waals surface area contributed by atoms with Gasteiger partial charge in [-0.15, -0.1) is 0 Å². The number of fused-ring (bicyclic) bond motifs is 1. The lowest BCUT2D eigenvalue weighted by Gasteiger charge is -2.29. The molecule has 5 aromatic rings. The first-order valence-corrected chi connectivity index (χ1v) is 32.0. The molecule has 6 rings (SSSR count). The summed E-state index contributed by atoms with van der Waals surface area (Å²) in [4.78, 5) is 158. The molecule has 19 N–H and O–H groups in total. The highest BCUT2D eigenvalue weighted by Crippen LogP contribution is 2.24. The quantitative estimate of drug-likeness (QED) is 0.0367. The largest absolute Gasteiger partial charge is 0.480 e. The van der Waals surface area contributed by atoms with Crippen molar-refractivity contribution in [1.29, 1.82) is 0 Å². The molecule has 1 fully saturated rings. The van der Waals surface area contributed by atoms with Gasteiger partial charge in [-0.3, -0.25) is 47.9 Å². The lowest BCUT2D eigenvalue weighted by atomic mass is 10.00. The van der Waals surface area contributed by atoms with Crippen LogP contribution in [0.1, 0.15) is 61.8 Å². The molecule has 2 heterocycles. The minimum atomic E-state index is -1.83. The van der Waals surface area contributed by atoms with Gasteiger partial charge < -0.3 is 85.4 Å². The number of rotatable bonds is 17. The number of aliphatic carboxylic acids is 1. The highest BCUT2D eigenvalue weighted by atomic mass is 33.1. The normalized spacial score (nSPS) is 24.4. The van der Waals surface area contributed by atoms with Gasteiger partial charge in [0.25, 0.3) is 0 Å². The molecular weight excluding hydrogens is 1210 g/mol. The maximum Gasteiger partial charge on any atom is 0.327 e. The van der Waals surface area contributed by atoms with Crippen molar-refractivity contribution in [3.8, 4) is 0 Å². The van der Waals surface area contributed by atoms with E-state index in [-0.39, 0.29) is 56.6 Å². The number of carbonyl (C=O) groups excluding carboxylic acids is 10. The molecule has 488 valence electrons. The SMILES string of the molecule is C[C@@H](O)[C@@H]1NC(=O)[C@H](Cc2ccccc2)NC(=O)[C@H]([C@@H](C)O)NC(=O)[C@H](CCCCN)NC(=O)[C@@H](Cc2c[nH]c3ccccc23)NC(=O)[C@H](Cc2ccccc2)NC(=O)[C@H](Cc2ccccc2)NC(=O)[C@H](CC(N)=O)NC(=O)[C@@H](N)CSSC[C@@H](C(=O)O)NC1=O. The number of para-hydroxylation sites is 1. The van der Waals surface area contributed by atoms with Crippen LogP contribution in [0, 0.1) is 0 Å². The number of nitrogens with two attached hydrogens (primary N) is 3. The first-order valence-electron chi connectivity index (χ1n) is 29.5. The van der Waals surface area contributed by atoms with Crippen molar-refractivity contribution in [3.63, 3.8) is 0 Å². The van der Waals surface area contributed by atoms with Crippen molar-refractivity contribution in [2.75, 3.05) is 18.1 Å². The van der Waals surface area contributed by atoms with E-state index < -0.39 is 144 Å². The van der Waals surface area contributed by atoms with Crippen LogP contribution >= 0.6 is 21.6 Å². The number of carbonyl (C=O) groups is 11. The minimum absolute atomic E-state index is 0.0865. The van der Waals surface area contributed by atoms with E-state index >= 15 is 9.59 Å². The molecule has 0 spiro atoms. The number of aromatic amines is 1. The number of primary amides is 1. The van der Waals surface area contributed by atoms with Crippen molar-refractivity contribution in [2.45, 2.75) is 138 Å². The van der Waals surface area contributed by atoms with Gasteiger partial charge in [-0.05, 0) is 68.0 Å². The van der Waals surface area contributed by atoms with Crippen LogP contribution in [0.3, 0.4) is 0 Å². The predicted molar refractivity (Wildman–Crippen MR) is 340 cm³/mol. The summed E-state index contributed by atoms with van der Waals surface area (Å²) in [6.07, 6.45) is -2.74. The third-order valence-electron chi connectivity index (χ3n) is 14.7. The van der Waals surface area contributed by atoms with Crippen LogP contribution in [-0.4, -0.2) is 176 Å². The fourth-order valence-corrected chi connectivity index (χ4v) is 12.1. The summed E-state index contributed by atoms with van der Waals surface area (Å²) in [7, 11) is 1.76. The van der Waals surface area contributed by atoms with Crippen LogP contribution < -0.4 is 65.1 Å². The number of carboxylic acids is 1. The molecule has 12 atom stereocenters. The van der Waals surface area contributed by atoms with Crippen LogP contribution in [0.25, 0.3) is 10.9 Å². The molecule has 91 heavy (non-hydrogen) atoms. The van der Waals surface area contributed by atoms with Crippen LogP contribution in [-0.2, 0) is 78.4 Å². The average Bonchev–Trinajstić information content (AvgIpc) is 1.94. The van der Waals surface area contributed by atoms with Gasteiger partial charge in [0.05, 0.1) is 24.7 Å². The summed E-state index contributed by atoms with van der Waals surface area (Å²) in [5.41, 5.74) is 20.5. The Hall–Kier alpha value is -8.87. The fourth-order valence-electron chi connectivity index (χ4n) is 9.78. The molecule has 0 saturated carbocycles. The van der Waals surface area contributed by atoms with Gasteiger partial charge in [0, 0.05) is 54.3 Å². The van der Waals surface area contributed by atoms with E-state index in [4.69, 9.17) is 17.2 Å². The number of aromatic nitrogens is 1. The van der Waals surface area contributed by atoms with Crippen LogP contribution in [0.2, 0.25) is 0 Å². The zero-order valence-electron chi connectivity index (χ0n) is 50.1. The molecule has 1 aliphatic heterocycles. The second-order valence-corrected chi connectivity index (χ2v) is 24.5. The number of nitrogens with one attached hydrogen (secondary N) is 10. The molecule has 0 aliphatic carbocycles. The summed E-state index contributed by atoms with van der Waals surface area (Å²) in [5, 5.41) is 55.9. The Morgan fingerprint density at radius 3 is 1.36 bits per heavy atom. The Morgan fingerprint density at radius 1 is 0.495 bits per heavy atom. The van der Waals surface area contributed by atoms with Gasteiger partial charge in [0.2, 0.25) is 59.1 Å². The van der Waals surface area contributed by atoms with E-state index in [1.165, 1.54) is 6.92 Å². The van der Waals surface area contributed by atoms with Crippen LogP contribution in [0.4, 0.5) is 0 Å². The number of benzene rings is 4. The van der Waals surface area contributed by atoms with Crippen molar-refractivity contribution in [1.82, 2.24) is 52.8 Å². The lowest BCUT2D eigenvalue weighted by molar-refractivity contribution is -0.142. The van der Waals surface area contributed by atoms with Gasteiger partial charge in [0.15, 0.2) is 0 Å². The summed E-state index contributed by atoms with van der Waals surface area (Å²) in [6.45, 7) is 2.53. The molecule has 1 saturated heterocycles.